The zero-order chi connectivity index (χ0) is 13.2. The van der Waals surface area contributed by atoms with Crippen molar-refractivity contribution < 1.29 is 9.53 Å². The lowest BCUT2D eigenvalue weighted by molar-refractivity contribution is 0.216. The molecule has 0 atom stereocenters. The Hall–Kier alpha value is -1.71. The van der Waals surface area contributed by atoms with Crippen LogP contribution in [0, 0.1) is 0 Å². The van der Waals surface area contributed by atoms with Gasteiger partial charge in [0.05, 0.1) is 7.11 Å². The molecule has 0 heterocycles. The number of amides is 2. The second-order valence-corrected chi connectivity index (χ2v) is 5.03. The normalized spacial score (nSPS) is 15.9. The fourth-order valence-electron chi connectivity index (χ4n) is 2.18. The molecule has 4 heteroatoms. The van der Waals surface area contributed by atoms with Gasteiger partial charge in [-0.1, -0.05) is 18.2 Å². The Morgan fingerprint density at radius 3 is 2.61 bits per heavy atom. The third kappa shape index (κ3) is 2.42. The molecular weight excluding hydrogens is 228 g/mol. The van der Waals surface area contributed by atoms with Gasteiger partial charge in [0.15, 0.2) is 0 Å². The quantitative estimate of drug-likeness (QED) is 0.885. The first-order chi connectivity index (χ1) is 8.59. The highest BCUT2D eigenvalue weighted by atomic mass is 16.5. The van der Waals surface area contributed by atoms with E-state index in [1.807, 2.05) is 18.2 Å². The van der Waals surface area contributed by atoms with E-state index < -0.39 is 0 Å². The van der Waals surface area contributed by atoms with E-state index in [1.54, 1.807) is 26.1 Å². The minimum absolute atomic E-state index is 0.0452. The van der Waals surface area contributed by atoms with Crippen LogP contribution in [0.25, 0.3) is 0 Å². The van der Waals surface area contributed by atoms with Crippen molar-refractivity contribution in [3.05, 3.63) is 29.8 Å². The molecule has 0 saturated heterocycles. The number of nitrogens with one attached hydrogen (secondary N) is 1. The molecule has 4 nitrogen and oxygen atoms in total. The van der Waals surface area contributed by atoms with Crippen molar-refractivity contribution >= 4 is 6.03 Å². The molecule has 1 aromatic carbocycles. The van der Waals surface area contributed by atoms with Crippen LogP contribution in [-0.4, -0.2) is 38.7 Å². The maximum Gasteiger partial charge on any atom is 0.316 e. The lowest BCUT2D eigenvalue weighted by atomic mass is 9.95. The van der Waals surface area contributed by atoms with Crippen molar-refractivity contribution in [2.45, 2.75) is 18.3 Å². The molecule has 2 amide bonds. The van der Waals surface area contributed by atoms with Gasteiger partial charge in [0.25, 0.3) is 0 Å². The molecule has 0 aliphatic heterocycles. The molecule has 1 aromatic rings. The Bertz CT molecular complexity index is 439. The largest absolute Gasteiger partial charge is 0.496 e. The van der Waals surface area contributed by atoms with Crippen LogP contribution in [0.2, 0.25) is 0 Å². The van der Waals surface area contributed by atoms with E-state index >= 15 is 0 Å². The first kappa shape index (κ1) is 12.7. The van der Waals surface area contributed by atoms with Gasteiger partial charge in [-0.2, -0.15) is 0 Å². The first-order valence-corrected chi connectivity index (χ1v) is 6.18. The summed E-state index contributed by atoms with van der Waals surface area (Å²) in [5.74, 6) is 0.911. The third-order valence-corrected chi connectivity index (χ3v) is 3.52. The van der Waals surface area contributed by atoms with Crippen molar-refractivity contribution in [2.75, 3.05) is 27.7 Å². The minimum atomic E-state index is -0.0452. The summed E-state index contributed by atoms with van der Waals surface area (Å²) in [4.78, 5) is 13.1. The zero-order valence-electron chi connectivity index (χ0n) is 11.2. The number of carbonyl (C=O) groups is 1. The summed E-state index contributed by atoms with van der Waals surface area (Å²) in [5, 5.41) is 2.97. The number of para-hydroxylation sites is 1. The van der Waals surface area contributed by atoms with Gasteiger partial charge in [-0.3, -0.25) is 0 Å². The Morgan fingerprint density at radius 2 is 2.06 bits per heavy atom. The Labute approximate surface area is 108 Å². The summed E-state index contributed by atoms with van der Waals surface area (Å²) < 4.78 is 5.40. The molecule has 1 saturated carbocycles. The number of carbonyl (C=O) groups excluding carboxylic acids is 1. The van der Waals surface area contributed by atoms with Gasteiger partial charge in [-0.05, 0) is 18.9 Å². The monoisotopic (exact) mass is 248 g/mol. The van der Waals surface area contributed by atoms with Crippen LogP contribution in [0.4, 0.5) is 4.79 Å². The van der Waals surface area contributed by atoms with Gasteiger partial charge in [0.2, 0.25) is 0 Å². The SMILES string of the molecule is COc1ccccc1C1(CNC(=O)N(C)C)CC1. The number of nitrogens with zero attached hydrogens (tertiary/aromatic N) is 1. The molecule has 2 rings (SSSR count). The molecule has 0 radical (unpaired) electrons. The number of rotatable bonds is 4. The molecule has 1 aliphatic carbocycles. The molecule has 0 unspecified atom stereocenters. The van der Waals surface area contributed by atoms with Crippen molar-refractivity contribution in [1.82, 2.24) is 10.2 Å². The Morgan fingerprint density at radius 1 is 1.39 bits per heavy atom. The van der Waals surface area contributed by atoms with Crippen LogP contribution in [0.15, 0.2) is 24.3 Å². The highest BCUT2D eigenvalue weighted by Gasteiger charge is 2.46. The van der Waals surface area contributed by atoms with E-state index in [4.69, 9.17) is 4.74 Å². The maximum atomic E-state index is 11.6. The lowest BCUT2D eigenvalue weighted by Gasteiger charge is -2.20. The molecule has 98 valence electrons. The van der Waals surface area contributed by atoms with E-state index in [2.05, 4.69) is 11.4 Å². The van der Waals surface area contributed by atoms with Crippen LogP contribution in [0.5, 0.6) is 5.75 Å². The van der Waals surface area contributed by atoms with Crippen molar-refractivity contribution in [2.24, 2.45) is 0 Å². The first-order valence-electron chi connectivity index (χ1n) is 6.18. The van der Waals surface area contributed by atoms with Crippen molar-refractivity contribution in [1.29, 1.82) is 0 Å². The molecule has 1 fully saturated rings. The summed E-state index contributed by atoms with van der Waals surface area (Å²) in [5.41, 5.74) is 1.27. The van der Waals surface area contributed by atoms with Gasteiger partial charge in [0.1, 0.15) is 5.75 Å². The van der Waals surface area contributed by atoms with E-state index in [1.165, 1.54) is 5.56 Å². The van der Waals surface area contributed by atoms with Crippen LogP contribution in [-0.2, 0) is 5.41 Å². The number of hydrogen-bond donors (Lipinski definition) is 1. The average molecular weight is 248 g/mol. The van der Waals surface area contributed by atoms with Gasteiger partial charge < -0.3 is 15.0 Å². The average Bonchev–Trinajstić information content (AvgIpc) is 3.17. The highest BCUT2D eigenvalue weighted by Crippen LogP contribution is 2.50. The second kappa shape index (κ2) is 4.88. The van der Waals surface area contributed by atoms with Gasteiger partial charge in [-0.25, -0.2) is 4.79 Å². The Kier molecular flexibility index (Phi) is 3.45. The molecule has 1 N–H and O–H groups in total. The number of ether oxygens (including phenoxy) is 1. The van der Waals surface area contributed by atoms with E-state index in [9.17, 15) is 4.79 Å². The van der Waals surface area contributed by atoms with Crippen LogP contribution in [0.1, 0.15) is 18.4 Å². The highest BCUT2D eigenvalue weighted by molar-refractivity contribution is 5.73. The molecule has 0 aromatic heterocycles. The third-order valence-electron chi connectivity index (χ3n) is 3.52. The van der Waals surface area contributed by atoms with E-state index in [-0.39, 0.29) is 11.4 Å². The zero-order valence-corrected chi connectivity index (χ0v) is 11.2. The molecule has 18 heavy (non-hydrogen) atoms. The fraction of sp³-hybridized carbons (Fsp3) is 0.500. The van der Waals surface area contributed by atoms with Crippen LogP contribution in [0.3, 0.4) is 0 Å². The molecule has 1 aliphatic rings. The van der Waals surface area contributed by atoms with Gasteiger partial charge in [-0.15, -0.1) is 0 Å². The topological polar surface area (TPSA) is 41.6 Å². The fourth-order valence-corrected chi connectivity index (χ4v) is 2.18. The summed E-state index contributed by atoms with van der Waals surface area (Å²) >= 11 is 0. The van der Waals surface area contributed by atoms with Gasteiger partial charge in [0, 0.05) is 31.6 Å². The van der Waals surface area contributed by atoms with Gasteiger partial charge >= 0.3 is 6.03 Å². The molecule has 0 spiro atoms. The number of benzene rings is 1. The predicted molar refractivity (Wildman–Crippen MR) is 71.0 cm³/mol. The number of methoxy groups -OCH3 is 1. The summed E-state index contributed by atoms with van der Waals surface area (Å²) in [6, 6.07) is 8.01. The molecular formula is C14H20N2O2. The van der Waals surface area contributed by atoms with E-state index in [0.717, 1.165) is 18.6 Å². The predicted octanol–water partition coefficient (Wildman–Crippen LogP) is 2.00. The molecule has 0 bridgehead atoms. The maximum absolute atomic E-state index is 11.6. The summed E-state index contributed by atoms with van der Waals surface area (Å²) in [7, 11) is 5.18. The number of urea groups is 1. The van der Waals surface area contributed by atoms with Crippen molar-refractivity contribution in [3.8, 4) is 5.75 Å². The lowest BCUT2D eigenvalue weighted by Crippen LogP contribution is -2.39. The van der Waals surface area contributed by atoms with Crippen LogP contribution >= 0.6 is 0 Å². The summed E-state index contributed by atoms with van der Waals surface area (Å²) in [6.45, 7) is 0.671. The van der Waals surface area contributed by atoms with Crippen LogP contribution < -0.4 is 10.1 Å². The Balaban J connectivity index is 2.10. The van der Waals surface area contributed by atoms with E-state index in [0.29, 0.717) is 6.54 Å². The standard InChI is InChI=1S/C14H20N2O2/c1-16(2)13(17)15-10-14(8-9-14)11-6-4-5-7-12(11)18-3/h4-7H,8-10H2,1-3H3,(H,15,17). The minimum Gasteiger partial charge on any atom is -0.496 e. The summed E-state index contributed by atoms with van der Waals surface area (Å²) in [6.07, 6.45) is 2.20. The second-order valence-electron chi connectivity index (χ2n) is 5.03. The smallest absolute Gasteiger partial charge is 0.316 e. The van der Waals surface area contributed by atoms with Crippen molar-refractivity contribution in [3.63, 3.8) is 0 Å². The number of hydrogen-bond acceptors (Lipinski definition) is 2.